The van der Waals surface area contributed by atoms with E-state index in [1.54, 1.807) is 19.0 Å². The van der Waals surface area contributed by atoms with Crippen molar-refractivity contribution < 1.29 is 14.4 Å². The summed E-state index contributed by atoms with van der Waals surface area (Å²) in [5.41, 5.74) is 13.1. The molecule has 3 rings (SSSR count). The van der Waals surface area contributed by atoms with Gasteiger partial charge in [-0.05, 0) is 43.4 Å². The van der Waals surface area contributed by atoms with Crippen LogP contribution < -0.4 is 16.8 Å². The largest absolute Gasteiger partial charge is 0.370 e. The number of aliphatic imine (C=N–C) groups is 1. The van der Waals surface area contributed by atoms with Crippen molar-refractivity contribution in [2.24, 2.45) is 16.5 Å². The Bertz CT molecular complexity index is 1060. The molecule has 176 valence electrons. The van der Waals surface area contributed by atoms with E-state index in [1.807, 2.05) is 24.3 Å². The third-order valence-corrected chi connectivity index (χ3v) is 6.26. The molecule has 1 fully saturated rings. The van der Waals surface area contributed by atoms with Crippen LogP contribution in [0, 0.1) is 0 Å². The third kappa shape index (κ3) is 6.07. The van der Waals surface area contributed by atoms with E-state index in [2.05, 4.69) is 15.3 Å². The SMILES string of the molecule is CC(=O)Nc1nc(CCc2ccc(N=C(N)N)cc2)c(C(=O)N2CCC[C@H]2C(=O)N(C)C)s1. The molecule has 0 unspecified atom stereocenters. The van der Waals surface area contributed by atoms with Gasteiger partial charge in [0.25, 0.3) is 5.91 Å². The van der Waals surface area contributed by atoms with Crippen LogP contribution in [0.1, 0.15) is 40.7 Å². The van der Waals surface area contributed by atoms with Gasteiger partial charge >= 0.3 is 0 Å². The van der Waals surface area contributed by atoms with Gasteiger partial charge in [-0.2, -0.15) is 0 Å². The lowest BCUT2D eigenvalue weighted by atomic mass is 10.1. The summed E-state index contributed by atoms with van der Waals surface area (Å²) in [6.45, 7) is 1.91. The van der Waals surface area contributed by atoms with Gasteiger partial charge < -0.3 is 26.6 Å². The molecule has 5 N–H and O–H groups in total. The first kappa shape index (κ1) is 24.2. The van der Waals surface area contributed by atoms with Crippen LogP contribution in [0.25, 0.3) is 0 Å². The molecule has 33 heavy (non-hydrogen) atoms. The number of likely N-dealkylation sites (N-methyl/N-ethyl adjacent to an activating group) is 1. The predicted molar refractivity (Wildman–Crippen MR) is 128 cm³/mol. The maximum absolute atomic E-state index is 13.4. The van der Waals surface area contributed by atoms with Gasteiger partial charge in [0.1, 0.15) is 10.9 Å². The van der Waals surface area contributed by atoms with Crippen molar-refractivity contribution >= 4 is 45.8 Å². The molecule has 0 spiro atoms. The van der Waals surface area contributed by atoms with E-state index in [0.717, 1.165) is 23.3 Å². The summed E-state index contributed by atoms with van der Waals surface area (Å²) < 4.78 is 0. The van der Waals surface area contributed by atoms with Crippen molar-refractivity contribution in [1.82, 2.24) is 14.8 Å². The summed E-state index contributed by atoms with van der Waals surface area (Å²) in [6, 6.07) is 6.97. The quantitative estimate of drug-likeness (QED) is 0.412. The number of carbonyl (C=O) groups excluding carboxylic acids is 3. The minimum atomic E-state index is -0.477. The summed E-state index contributed by atoms with van der Waals surface area (Å²) in [4.78, 5) is 49.7. The van der Waals surface area contributed by atoms with Crippen molar-refractivity contribution in [2.75, 3.05) is 26.0 Å². The molecule has 0 bridgehead atoms. The number of nitrogens with two attached hydrogens (primary N) is 2. The maximum Gasteiger partial charge on any atom is 0.266 e. The third-order valence-electron chi connectivity index (χ3n) is 5.26. The van der Waals surface area contributed by atoms with Gasteiger partial charge in [0.2, 0.25) is 11.8 Å². The Labute approximate surface area is 196 Å². The number of benzene rings is 1. The summed E-state index contributed by atoms with van der Waals surface area (Å²) in [5, 5.41) is 3.04. The highest BCUT2D eigenvalue weighted by Crippen LogP contribution is 2.29. The van der Waals surface area contributed by atoms with Crippen molar-refractivity contribution in [1.29, 1.82) is 0 Å². The molecule has 1 aromatic carbocycles. The van der Waals surface area contributed by atoms with Gasteiger partial charge in [-0.25, -0.2) is 9.98 Å². The Kier molecular flexibility index (Phi) is 7.64. The highest BCUT2D eigenvalue weighted by atomic mass is 32.1. The number of amides is 3. The second-order valence-corrected chi connectivity index (χ2v) is 9.07. The topological polar surface area (TPSA) is 147 Å². The lowest BCUT2D eigenvalue weighted by Crippen LogP contribution is -2.45. The van der Waals surface area contributed by atoms with Gasteiger partial charge in [-0.1, -0.05) is 23.5 Å². The molecule has 0 saturated carbocycles. The Morgan fingerprint density at radius 2 is 1.91 bits per heavy atom. The molecule has 10 nitrogen and oxygen atoms in total. The monoisotopic (exact) mass is 471 g/mol. The van der Waals surface area contributed by atoms with Crippen LogP contribution in [0.5, 0.6) is 0 Å². The van der Waals surface area contributed by atoms with Gasteiger partial charge in [0, 0.05) is 27.6 Å². The molecule has 1 aliphatic heterocycles. The van der Waals surface area contributed by atoms with E-state index in [-0.39, 0.29) is 23.7 Å². The lowest BCUT2D eigenvalue weighted by Gasteiger charge is -2.26. The first-order valence-corrected chi connectivity index (χ1v) is 11.5. The number of thiazole rings is 1. The van der Waals surface area contributed by atoms with Crippen LogP contribution >= 0.6 is 11.3 Å². The van der Waals surface area contributed by atoms with E-state index in [9.17, 15) is 14.4 Å². The van der Waals surface area contributed by atoms with Crippen molar-refractivity contribution in [2.45, 2.75) is 38.6 Å². The fraction of sp³-hybridized carbons (Fsp3) is 0.409. The molecule has 1 aromatic heterocycles. The molecule has 1 atom stereocenters. The standard InChI is InChI=1S/C22H29N7O3S/c1-13(30)25-22-27-16(11-8-14-6-9-15(10-7-14)26-21(23)24)18(33-22)20(32)29-12-4-5-17(29)19(31)28(2)3/h6-7,9-10,17H,4-5,8,11-12H2,1-3H3,(H4,23,24,26)(H,25,27,30)/t17-/m0/s1. The number of hydrogen-bond acceptors (Lipinski definition) is 6. The zero-order valence-corrected chi connectivity index (χ0v) is 19.8. The first-order chi connectivity index (χ1) is 15.7. The number of aromatic nitrogens is 1. The van der Waals surface area contributed by atoms with Crippen LogP contribution in [0.3, 0.4) is 0 Å². The normalized spacial score (nSPS) is 15.2. The highest BCUT2D eigenvalue weighted by molar-refractivity contribution is 7.17. The molecule has 3 amide bonds. The van der Waals surface area contributed by atoms with Crippen LogP contribution in [0.2, 0.25) is 0 Å². The summed E-state index contributed by atoms with van der Waals surface area (Å²) in [6.07, 6.45) is 2.53. The molecule has 2 aromatic rings. The average molecular weight is 472 g/mol. The molecular formula is C22H29N7O3S. The fourth-order valence-electron chi connectivity index (χ4n) is 3.74. The van der Waals surface area contributed by atoms with Gasteiger partial charge in [0.05, 0.1) is 11.4 Å². The molecule has 1 aliphatic rings. The Hall–Kier alpha value is -3.47. The highest BCUT2D eigenvalue weighted by Gasteiger charge is 2.37. The molecule has 2 heterocycles. The first-order valence-electron chi connectivity index (χ1n) is 10.6. The van der Waals surface area contributed by atoms with Crippen molar-refractivity contribution in [3.8, 4) is 0 Å². The molecule has 0 radical (unpaired) electrons. The van der Waals surface area contributed by atoms with Crippen LogP contribution in [0.15, 0.2) is 29.3 Å². The van der Waals surface area contributed by atoms with Gasteiger partial charge in [-0.3, -0.25) is 14.4 Å². The van der Waals surface area contributed by atoms with Crippen LogP contribution in [0.4, 0.5) is 10.8 Å². The lowest BCUT2D eigenvalue weighted by molar-refractivity contribution is -0.132. The smallest absolute Gasteiger partial charge is 0.266 e. The van der Waals surface area contributed by atoms with Gasteiger partial charge in [0.15, 0.2) is 11.1 Å². The van der Waals surface area contributed by atoms with E-state index >= 15 is 0 Å². The Balaban J connectivity index is 1.82. The number of carbonyl (C=O) groups is 3. The minimum absolute atomic E-state index is 0.00755. The number of aryl methyl sites for hydroxylation is 2. The molecule has 0 aliphatic carbocycles. The number of guanidine groups is 1. The molecular weight excluding hydrogens is 442 g/mol. The second kappa shape index (κ2) is 10.4. The Morgan fingerprint density at radius 3 is 2.52 bits per heavy atom. The summed E-state index contributed by atoms with van der Waals surface area (Å²) in [7, 11) is 3.38. The number of rotatable bonds is 7. The van der Waals surface area contributed by atoms with Crippen LogP contribution in [-0.4, -0.2) is 65.1 Å². The predicted octanol–water partition coefficient (Wildman–Crippen LogP) is 1.48. The molecule has 1 saturated heterocycles. The average Bonchev–Trinajstić information content (AvgIpc) is 3.38. The summed E-state index contributed by atoms with van der Waals surface area (Å²) >= 11 is 1.14. The van der Waals surface area contributed by atoms with E-state index < -0.39 is 6.04 Å². The summed E-state index contributed by atoms with van der Waals surface area (Å²) in [5.74, 6) is -0.576. The van der Waals surface area contributed by atoms with E-state index in [0.29, 0.717) is 47.2 Å². The molecule has 11 heteroatoms. The zero-order chi connectivity index (χ0) is 24.1. The van der Waals surface area contributed by atoms with E-state index in [4.69, 9.17) is 11.5 Å². The zero-order valence-electron chi connectivity index (χ0n) is 19.0. The van der Waals surface area contributed by atoms with Crippen LogP contribution in [-0.2, 0) is 22.4 Å². The fourth-order valence-corrected chi connectivity index (χ4v) is 4.75. The second-order valence-electron chi connectivity index (χ2n) is 8.07. The van der Waals surface area contributed by atoms with Crippen molar-refractivity contribution in [3.05, 3.63) is 40.4 Å². The number of nitrogens with zero attached hydrogens (tertiary/aromatic N) is 4. The number of nitrogens with one attached hydrogen (secondary N) is 1. The van der Waals surface area contributed by atoms with Crippen molar-refractivity contribution in [3.63, 3.8) is 0 Å². The number of likely N-dealkylation sites (tertiary alicyclic amines) is 1. The van der Waals surface area contributed by atoms with E-state index in [1.165, 1.54) is 11.8 Å². The Morgan fingerprint density at radius 1 is 1.21 bits per heavy atom. The maximum atomic E-state index is 13.4. The van der Waals surface area contributed by atoms with Gasteiger partial charge in [-0.15, -0.1) is 0 Å². The number of anilines is 1. The minimum Gasteiger partial charge on any atom is -0.370 e. The number of hydrogen-bond donors (Lipinski definition) is 3.